The Morgan fingerprint density at radius 3 is 2.73 bits per heavy atom. The largest absolute Gasteiger partial charge is 0.330 e. The summed E-state index contributed by atoms with van der Waals surface area (Å²) in [7, 11) is 1.85. The van der Waals surface area contributed by atoms with Crippen molar-refractivity contribution in [1.82, 2.24) is 9.80 Å². The lowest BCUT2D eigenvalue weighted by atomic mass is 9.94. The quantitative estimate of drug-likeness (QED) is 0.747. The predicted octanol–water partition coefficient (Wildman–Crippen LogP) is 1.12. The fourth-order valence-corrected chi connectivity index (χ4v) is 2.00. The Morgan fingerprint density at radius 1 is 1.53 bits per heavy atom. The zero-order chi connectivity index (χ0) is 11.4. The highest BCUT2D eigenvalue weighted by atomic mass is 16.2. The lowest BCUT2D eigenvalue weighted by Crippen LogP contribution is -2.51. The van der Waals surface area contributed by atoms with Gasteiger partial charge in [0, 0.05) is 26.2 Å². The van der Waals surface area contributed by atoms with Crippen molar-refractivity contribution >= 4 is 6.03 Å². The molecule has 2 amide bonds. The third kappa shape index (κ3) is 2.84. The van der Waals surface area contributed by atoms with Crippen LogP contribution in [-0.4, -0.2) is 48.6 Å². The van der Waals surface area contributed by atoms with E-state index in [1.807, 2.05) is 18.9 Å². The average Bonchev–Trinajstić information content (AvgIpc) is 2.27. The zero-order valence-corrected chi connectivity index (χ0v) is 10.1. The van der Waals surface area contributed by atoms with E-state index in [2.05, 4.69) is 6.92 Å². The number of amides is 2. The second kappa shape index (κ2) is 5.35. The molecule has 1 aliphatic heterocycles. The first-order valence-corrected chi connectivity index (χ1v) is 5.81. The maximum atomic E-state index is 12.0. The van der Waals surface area contributed by atoms with Gasteiger partial charge < -0.3 is 15.5 Å². The van der Waals surface area contributed by atoms with E-state index in [1.165, 1.54) is 0 Å². The Balaban J connectivity index is 2.61. The lowest BCUT2D eigenvalue weighted by Gasteiger charge is -2.39. The fraction of sp³-hybridized carbons (Fsp3) is 0.909. The van der Waals surface area contributed by atoms with Crippen LogP contribution in [0.5, 0.6) is 0 Å². The molecule has 2 atom stereocenters. The SMILES string of the molecule is CCN(C)C(=O)N1CC(CN)CCC1C. The molecule has 1 aliphatic rings. The van der Waals surface area contributed by atoms with E-state index in [1.54, 1.807) is 4.90 Å². The first-order valence-electron chi connectivity index (χ1n) is 5.81. The second-order valence-corrected chi connectivity index (χ2v) is 4.48. The van der Waals surface area contributed by atoms with Gasteiger partial charge in [-0.3, -0.25) is 0 Å². The Morgan fingerprint density at radius 2 is 2.20 bits per heavy atom. The van der Waals surface area contributed by atoms with Gasteiger partial charge in [0.25, 0.3) is 0 Å². The molecular weight excluding hydrogens is 190 g/mol. The minimum absolute atomic E-state index is 0.142. The number of nitrogens with two attached hydrogens (primary N) is 1. The maximum Gasteiger partial charge on any atom is 0.319 e. The summed E-state index contributed by atoms with van der Waals surface area (Å²) in [6.45, 7) is 6.38. The second-order valence-electron chi connectivity index (χ2n) is 4.48. The molecule has 1 rings (SSSR count). The van der Waals surface area contributed by atoms with Crippen molar-refractivity contribution in [3.8, 4) is 0 Å². The van der Waals surface area contributed by atoms with E-state index in [0.29, 0.717) is 18.5 Å². The normalized spacial score (nSPS) is 26.5. The van der Waals surface area contributed by atoms with Gasteiger partial charge in [0.15, 0.2) is 0 Å². The Labute approximate surface area is 92.4 Å². The summed E-state index contributed by atoms with van der Waals surface area (Å²) in [4.78, 5) is 15.7. The minimum Gasteiger partial charge on any atom is -0.330 e. The van der Waals surface area contributed by atoms with E-state index in [9.17, 15) is 4.79 Å². The van der Waals surface area contributed by atoms with Crippen LogP contribution in [0.1, 0.15) is 26.7 Å². The molecule has 0 aromatic heterocycles. The summed E-state index contributed by atoms with van der Waals surface area (Å²) in [6.07, 6.45) is 2.22. The van der Waals surface area contributed by atoms with Crippen molar-refractivity contribution in [3.63, 3.8) is 0 Å². The van der Waals surface area contributed by atoms with Gasteiger partial charge in [-0.05, 0) is 39.2 Å². The van der Waals surface area contributed by atoms with E-state index >= 15 is 0 Å². The van der Waals surface area contributed by atoms with E-state index < -0.39 is 0 Å². The highest BCUT2D eigenvalue weighted by Crippen LogP contribution is 2.21. The smallest absolute Gasteiger partial charge is 0.319 e. The molecule has 0 aromatic carbocycles. The van der Waals surface area contributed by atoms with Crippen LogP contribution >= 0.6 is 0 Å². The summed E-state index contributed by atoms with van der Waals surface area (Å²) in [5.74, 6) is 0.482. The van der Waals surface area contributed by atoms with Crippen LogP contribution in [0.4, 0.5) is 4.79 Å². The number of nitrogens with zero attached hydrogens (tertiary/aromatic N) is 2. The first kappa shape index (κ1) is 12.3. The molecule has 1 saturated heterocycles. The molecule has 1 heterocycles. The van der Waals surface area contributed by atoms with Crippen LogP contribution in [0.15, 0.2) is 0 Å². The zero-order valence-electron chi connectivity index (χ0n) is 10.1. The van der Waals surface area contributed by atoms with Crippen LogP contribution in [0, 0.1) is 5.92 Å². The van der Waals surface area contributed by atoms with Crippen molar-refractivity contribution in [2.75, 3.05) is 26.7 Å². The molecule has 0 bridgehead atoms. The fourth-order valence-electron chi connectivity index (χ4n) is 2.00. The number of rotatable bonds is 2. The third-order valence-corrected chi connectivity index (χ3v) is 3.36. The summed E-state index contributed by atoms with van der Waals surface area (Å²) >= 11 is 0. The molecule has 1 fully saturated rings. The Kier molecular flexibility index (Phi) is 4.39. The summed E-state index contributed by atoms with van der Waals surface area (Å²) < 4.78 is 0. The number of carbonyl (C=O) groups excluding carboxylic acids is 1. The van der Waals surface area contributed by atoms with Crippen LogP contribution in [0.3, 0.4) is 0 Å². The van der Waals surface area contributed by atoms with Gasteiger partial charge in [-0.1, -0.05) is 0 Å². The summed E-state index contributed by atoms with van der Waals surface area (Å²) in [6, 6.07) is 0.498. The molecule has 15 heavy (non-hydrogen) atoms. The molecule has 0 aliphatic carbocycles. The minimum atomic E-state index is 0.142. The molecule has 2 N–H and O–H groups in total. The third-order valence-electron chi connectivity index (χ3n) is 3.36. The first-order chi connectivity index (χ1) is 7.10. The monoisotopic (exact) mass is 213 g/mol. The van der Waals surface area contributed by atoms with Crippen molar-refractivity contribution < 1.29 is 4.79 Å². The lowest BCUT2D eigenvalue weighted by molar-refractivity contribution is 0.110. The van der Waals surface area contributed by atoms with Gasteiger partial charge in [-0.2, -0.15) is 0 Å². The summed E-state index contributed by atoms with van der Waals surface area (Å²) in [5, 5.41) is 0. The predicted molar refractivity (Wildman–Crippen MR) is 61.6 cm³/mol. The van der Waals surface area contributed by atoms with E-state index in [4.69, 9.17) is 5.73 Å². The number of hydrogen-bond acceptors (Lipinski definition) is 2. The van der Waals surface area contributed by atoms with Crippen LogP contribution in [0.25, 0.3) is 0 Å². The highest BCUT2D eigenvalue weighted by molar-refractivity contribution is 5.74. The van der Waals surface area contributed by atoms with Gasteiger partial charge in [0.05, 0.1) is 0 Å². The Bertz CT molecular complexity index is 220. The van der Waals surface area contributed by atoms with Crippen molar-refractivity contribution in [3.05, 3.63) is 0 Å². The standard InChI is InChI=1S/C11H23N3O/c1-4-13(3)11(15)14-8-10(7-12)6-5-9(14)2/h9-10H,4-8,12H2,1-3H3. The molecule has 0 spiro atoms. The molecule has 4 heteroatoms. The van der Waals surface area contributed by atoms with Crippen LogP contribution < -0.4 is 5.73 Å². The van der Waals surface area contributed by atoms with E-state index in [-0.39, 0.29) is 6.03 Å². The molecular formula is C11H23N3O. The molecule has 0 aromatic rings. The molecule has 2 unspecified atom stereocenters. The van der Waals surface area contributed by atoms with Gasteiger partial charge in [0.2, 0.25) is 0 Å². The maximum absolute atomic E-state index is 12.0. The average molecular weight is 213 g/mol. The highest BCUT2D eigenvalue weighted by Gasteiger charge is 2.29. The molecule has 4 nitrogen and oxygen atoms in total. The van der Waals surface area contributed by atoms with Crippen LogP contribution in [-0.2, 0) is 0 Å². The number of piperidine rings is 1. The molecule has 0 radical (unpaired) electrons. The molecule has 88 valence electrons. The van der Waals surface area contributed by atoms with Gasteiger partial charge >= 0.3 is 6.03 Å². The van der Waals surface area contributed by atoms with Crippen molar-refractivity contribution in [1.29, 1.82) is 0 Å². The molecule has 0 saturated carbocycles. The van der Waals surface area contributed by atoms with Gasteiger partial charge in [-0.15, -0.1) is 0 Å². The van der Waals surface area contributed by atoms with Gasteiger partial charge in [0.1, 0.15) is 0 Å². The number of hydrogen-bond donors (Lipinski definition) is 1. The Hall–Kier alpha value is -0.770. The van der Waals surface area contributed by atoms with Crippen molar-refractivity contribution in [2.24, 2.45) is 11.7 Å². The van der Waals surface area contributed by atoms with Gasteiger partial charge in [-0.25, -0.2) is 4.79 Å². The number of likely N-dealkylation sites (tertiary alicyclic amines) is 1. The van der Waals surface area contributed by atoms with E-state index in [0.717, 1.165) is 25.9 Å². The van der Waals surface area contributed by atoms with Crippen LogP contribution in [0.2, 0.25) is 0 Å². The number of carbonyl (C=O) groups is 1. The van der Waals surface area contributed by atoms with Crippen molar-refractivity contribution in [2.45, 2.75) is 32.7 Å². The number of urea groups is 1. The summed E-state index contributed by atoms with van der Waals surface area (Å²) in [5.41, 5.74) is 5.67. The topological polar surface area (TPSA) is 49.6 Å².